The van der Waals surface area contributed by atoms with Gasteiger partial charge in [-0.1, -0.05) is 0 Å². The van der Waals surface area contributed by atoms with Crippen molar-refractivity contribution in [1.82, 2.24) is 0 Å². The Morgan fingerprint density at radius 3 is 2.72 bits per heavy atom. The molecule has 1 heterocycles. The number of carbonyl (C=O) groups is 1. The van der Waals surface area contributed by atoms with E-state index in [1.807, 2.05) is 13.8 Å². The fourth-order valence-corrected chi connectivity index (χ4v) is 2.37. The third kappa shape index (κ3) is 1.90. The minimum atomic E-state index is -1.43. The zero-order valence-corrected chi connectivity index (χ0v) is 10.7. The third-order valence-electron chi connectivity index (χ3n) is 3.14. The molecular weight excluding hydrogens is 234 g/mol. The lowest BCUT2D eigenvalue weighted by Gasteiger charge is -2.41. The lowest BCUT2D eigenvalue weighted by molar-refractivity contribution is -0.147. The highest BCUT2D eigenvalue weighted by Gasteiger charge is 2.48. The molecule has 1 aromatic rings. The van der Waals surface area contributed by atoms with Crippen LogP contribution in [0.1, 0.15) is 25.8 Å². The minimum absolute atomic E-state index is 0.217. The molecule has 0 aliphatic carbocycles. The first-order valence-electron chi connectivity index (χ1n) is 5.68. The highest BCUT2D eigenvalue weighted by molar-refractivity contribution is 5.82. The summed E-state index contributed by atoms with van der Waals surface area (Å²) in [5.41, 5.74) is 4.48. The van der Waals surface area contributed by atoms with Gasteiger partial charge in [0.2, 0.25) is 0 Å². The summed E-state index contributed by atoms with van der Waals surface area (Å²) in [6, 6.07) is 5.00. The third-order valence-corrected chi connectivity index (χ3v) is 3.14. The predicted octanol–water partition coefficient (Wildman–Crippen LogP) is 1.49. The molecule has 1 unspecified atom stereocenters. The van der Waals surface area contributed by atoms with E-state index in [-0.39, 0.29) is 6.42 Å². The number of nitrogens with two attached hydrogens (primary N) is 1. The number of rotatable bonds is 2. The summed E-state index contributed by atoms with van der Waals surface area (Å²) in [6.07, 6.45) is 0.217. The lowest BCUT2D eigenvalue weighted by atomic mass is 9.78. The molecule has 1 atom stereocenters. The summed E-state index contributed by atoms with van der Waals surface area (Å²) in [7, 11) is 1.54. The van der Waals surface area contributed by atoms with E-state index in [2.05, 4.69) is 0 Å². The summed E-state index contributed by atoms with van der Waals surface area (Å²) < 4.78 is 10.9. The Hall–Kier alpha value is -1.75. The van der Waals surface area contributed by atoms with Crippen LogP contribution in [0.3, 0.4) is 0 Å². The Balaban J connectivity index is 2.60. The maximum atomic E-state index is 11.5. The van der Waals surface area contributed by atoms with Gasteiger partial charge in [-0.2, -0.15) is 0 Å². The molecular formula is C13H17NO4. The van der Waals surface area contributed by atoms with E-state index < -0.39 is 17.1 Å². The van der Waals surface area contributed by atoms with Crippen LogP contribution in [0.25, 0.3) is 0 Å². The summed E-state index contributed by atoms with van der Waals surface area (Å²) in [5, 5.41) is 9.39. The molecule has 0 bridgehead atoms. The van der Waals surface area contributed by atoms with Crippen molar-refractivity contribution < 1.29 is 19.4 Å². The quantitative estimate of drug-likeness (QED) is 0.832. The first-order valence-corrected chi connectivity index (χ1v) is 5.68. The number of ether oxygens (including phenoxy) is 2. The van der Waals surface area contributed by atoms with E-state index in [4.69, 9.17) is 15.2 Å². The van der Waals surface area contributed by atoms with Gasteiger partial charge in [0.15, 0.2) is 0 Å². The minimum Gasteiger partial charge on any atom is -0.497 e. The number of hydrogen-bond acceptors (Lipinski definition) is 4. The van der Waals surface area contributed by atoms with Crippen LogP contribution in [0.5, 0.6) is 11.5 Å². The molecule has 0 saturated heterocycles. The maximum absolute atomic E-state index is 11.5. The van der Waals surface area contributed by atoms with E-state index in [1.54, 1.807) is 25.3 Å². The largest absolute Gasteiger partial charge is 0.497 e. The number of carboxylic acids is 1. The van der Waals surface area contributed by atoms with Crippen LogP contribution in [0, 0.1) is 0 Å². The Bertz CT molecular complexity index is 498. The smallest absolute Gasteiger partial charge is 0.328 e. The molecule has 5 heteroatoms. The SMILES string of the molecule is COc1ccc2c(c1)OC(C)(C)CC2(N)C(=O)O. The molecule has 3 N–H and O–H groups in total. The van der Waals surface area contributed by atoms with Gasteiger partial charge >= 0.3 is 5.97 Å². The Morgan fingerprint density at radius 1 is 1.50 bits per heavy atom. The highest BCUT2D eigenvalue weighted by atomic mass is 16.5. The number of hydrogen-bond donors (Lipinski definition) is 2. The predicted molar refractivity (Wildman–Crippen MR) is 65.8 cm³/mol. The monoisotopic (exact) mass is 251 g/mol. The summed E-state index contributed by atoms with van der Waals surface area (Å²) in [4.78, 5) is 11.5. The molecule has 98 valence electrons. The van der Waals surface area contributed by atoms with Crippen LogP contribution in [0.4, 0.5) is 0 Å². The molecule has 1 aliphatic heterocycles. The standard InChI is InChI=1S/C13H17NO4/c1-12(2)7-13(14,11(15)16)9-5-4-8(17-3)6-10(9)18-12/h4-6H,7,14H2,1-3H3,(H,15,16). The van der Waals surface area contributed by atoms with Gasteiger partial charge in [0.05, 0.1) is 7.11 Å². The molecule has 0 saturated carbocycles. The normalized spacial score (nSPS) is 24.9. The van der Waals surface area contributed by atoms with Crippen molar-refractivity contribution in [1.29, 1.82) is 0 Å². The van der Waals surface area contributed by atoms with Crippen molar-refractivity contribution in [3.05, 3.63) is 23.8 Å². The Kier molecular flexibility index (Phi) is 2.74. The molecule has 0 aromatic heterocycles. The van der Waals surface area contributed by atoms with Crippen molar-refractivity contribution in [2.45, 2.75) is 31.4 Å². The number of fused-ring (bicyclic) bond motifs is 1. The van der Waals surface area contributed by atoms with Crippen LogP contribution in [0.15, 0.2) is 18.2 Å². The van der Waals surface area contributed by atoms with Gasteiger partial charge in [0.25, 0.3) is 0 Å². The van der Waals surface area contributed by atoms with Gasteiger partial charge in [-0.15, -0.1) is 0 Å². The van der Waals surface area contributed by atoms with E-state index >= 15 is 0 Å². The molecule has 0 spiro atoms. The fraction of sp³-hybridized carbons (Fsp3) is 0.462. The van der Waals surface area contributed by atoms with Gasteiger partial charge in [-0.05, 0) is 26.0 Å². The summed E-state index contributed by atoms with van der Waals surface area (Å²) in [5.74, 6) is 0.0278. The van der Waals surface area contributed by atoms with Crippen molar-refractivity contribution in [2.24, 2.45) is 5.73 Å². The lowest BCUT2D eigenvalue weighted by Crippen LogP contribution is -2.54. The first-order chi connectivity index (χ1) is 8.28. The summed E-state index contributed by atoms with van der Waals surface area (Å²) >= 11 is 0. The molecule has 1 aromatic carbocycles. The molecule has 2 rings (SSSR count). The number of benzene rings is 1. The second-order valence-electron chi connectivity index (χ2n) is 5.18. The van der Waals surface area contributed by atoms with Crippen molar-refractivity contribution in [2.75, 3.05) is 7.11 Å². The van der Waals surface area contributed by atoms with E-state index in [1.165, 1.54) is 0 Å². The second kappa shape index (κ2) is 3.88. The maximum Gasteiger partial charge on any atom is 0.328 e. The number of methoxy groups -OCH3 is 1. The van der Waals surface area contributed by atoms with Crippen molar-refractivity contribution in [3.63, 3.8) is 0 Å². The molecule has 1 aliphatic rings. The van der Waals surface area contributed by atoms with Gasteiger partial charge < -0.3 is 20.3 Å². The van der Waals surface area contributed by atoms with E-state index in [0.717, 1.165) is 0 Å². The zero-order valence-electron chi connectivity index (χ0n) is 10.7. The molecule has 0 amide bonds. The van der Waals surface area contributed by atoms with Crippen LogP contribution >= 0.6 is 0 Å². The fourth-order valence-electron chi connectivity index (χ4n) is 2.37. The molecule has 0 fully saturated rings. The topological polar surface area (TPSA) is 81.8 Å². The number of aliphatic carboxylic acids is 1. The summed E-state index contributed by atoms with van der Waals surface area (Å²) in [6.45, 7) is 3.64. The second-order valence-corrected chi connectivity index (χ2v) is 5.18. The zero-order chi connectivity index (χ0) is 13.6. The van der Waals surface area contributed by atoms with Crippen LogP contribution < -0.4 is 15.2 Å². The number of carboxylic acid groups (broad SMARTS) is 1. The van der Waals surface area contributed by atoms with Gasteiger partial charge in [0, 0.05) is 18.1 Å². The van der Waals surface area contributed by atoms with Gasteiger partial charge in [-0.25, -0.2) is 4.79 Å². The van der Waals surface area contributed by atoms with Gasteiger partial charge in [0.1, 0.15) is 22.6 Å². The first kappa shape index (κ1) is 12.7. The van der Waals surface area contributed by atoms with Crippen LogP contribution in [-0.4, -0.2) is 23.8 Å². The Labute approximate surface area is 106 Å². The van der Waals surface area contributed by atoms with Crippen molar-refractivity contribution >= 4 is 5.97 Å². The van der Waals surface area contributed by atoms with E-state index in [0.29, 0.717) is 17.1 Å². The van der Waals surface area contributed by atoms with Crippen LogP contribution in [-0.2, 0) is 10.3 Å². The highest BCUT2D eigenvalue weighted by Crippen LogP contribution is 2.43. The van der Waals surface area contributed by atoms with Gasteiger partial charge in [-0.3, -0.25) is 0 Å². The average molecular weight is 251 g/mol. The Morgan fingerprint density at radius 2 is 2.17 bits per heavy atom. The van der Waals surface area contributed by atoms with Crippen LogP contribution in [0.2, 0.25) is 0 Å². The van der Waals surface area contributed by atoms with E-state index in [9.17, 15) is 9.90 Å². The molecule has 18 heavy (non-hydrogen) atoms. The van der Waals surface area contributed by atoms with Crippen molar-refractivity contribution in [3.8, 4) is 11.5 Å². The average Bonchev–Trinajstić information content (AvgIpc) is 2.26. The molecule has 5 nitrogen and oxygen atoms in total. The molecule has 0 radical (unpaired) electrons.